The van der Waals surface area contributed by atoms with Gasteiger partial charge in [-0.1, -0.05) is 0 Å². The van der Waals surface area contributed by atoms with Gasteiger partial charge in [0.25, 0.3) is 0 Å². The summed E-state index contributed by atoms with van der Waals surface area (Å²) in [6.07, 6.45) is 0. The van der Waals surface area contributed by atoms with Gasteiger partial charge in [0, 0.05) is 0 Å². The first kappa shape index (κ1) is 15.4. The second-order valence-electron chi connectivity index (χ2n) is 4.94. The summed E-state index contributed by atoms with van der Waals surface area (Å²) in [7, 11) is 0. The van der Waals surface area contributed by atoms with Crippen molar-refractivity contribution in [3.8, 4) is 0 Å². The molecule has 0 saturated carbocycles. The average Bonchev–Trinajstić information content (AvgIpc) is 2.47. The van der Waals surface area contributed by atoms with E-state index < -0.39 is 12.7 Å². The summed E-state index contributed by atoms with van der Waals surface area (Å²) in [5.41, 5.74) is 0.194. The van der Waals surface area contributed by atoms with Crippen LogP contribution in [0.2, 0.25) is 0 Å². The fraction of sp³-hybridized carbons (Fsp3) is 0.188. The Hall–Kier alpha value is -1.97. The maximum absolute atomic E-state index is 12.7. The molecule has 0 saturated heterocycles. The molecule has 1 N–H and O–H groups in total. The topological polar surface area (TPSA) is 63.2 Å². The minimum absolute atomic E-state index is 0.0567. The molecule has 0 atom stereocenters. The molecule has 0 aromatic heterocycles. The van der Waals surface area contributed by atoms with E-state index >= 15 is 0 Å². The van der Waals surface area contributed by atoms with Crippen molar-refractivity contribution in [2.24, 2.45) is 0 Å². The molecule has 0 heterocycles. The van der Waals surface area contributed by atoms with Gasteiger partial charge >= 0.3 is 125 Å². The van der Waals surface area contributed by atoms with Crippen molar-refractivity contribution in [3.05, 3.63) is 60.2 Å². The molecule has 0 unspecified atom stereocenters. The third-order valence-electron chi connectivity index (χ3n) is 2.89. The molecule has 5 heteroatoms. The Labute approximate surface area is 125 Å². The zero-order valence-corrected chi connectivity index (χ0v) is 13.6. The van der Waals surface area contributed by atoms with Gasteiger partial charge in [-0.25, -0.2) is 0 Å². The van der Waals surface area contributed by atoms with Crippen molar-refractivity contribution >= 4 is 27.5 Å². The van der Waals surface area contributed by atoms with Crippen LogP contribution in [0.3, 0.4) is 0 Å². The zero-order chi connectivity index (χ0) is 15.5. The van der Waals surface area contributed by atoms with E-state index in [1.807, 2.05) is 13.8 Å². The van der Waals surface area contributed by atoms with Gasteiger partial charge in [-0.05, 0) is 0 Å². The van der Waals surface area contributed by atoms with Crippen LogP contribution in [0.15, 0.2) is 54.6 Å². The maximum atomic E-state index is 12.7. The molecule has 2 aromatic carbocycles. The summed E-state index contributed by atoms with van der Waals surface area (Å²) in [4.78, 5) is 12.2. The van der Waals surface area contributed by atoms with E-state index in [-0.39, 0.29) is 26.4 Å². The molecule has 0 fully saturated rings. The molecule has 0 aliphatic rings. The first-order chi connectivity index (χ1) is 9.93. The van der Waals surface area contributed by atoms with Gasteiger partial charge in [0.15, 0.2) is 0 Å². The summed E-state index contributed by atoms with van der Waals surface area (Å²) in [6, 6.07) is 14.5. The zero-order valence-electron chi connectivity index (χ0n) is 11.9. The number of amides is 1. The Bertz CT molecular complexity index is 737. The van der Waals surface area contributed by atoms with E-state index in [0.29, 0.717) is 0 Å². The Balaban J connectivity index is 2.53. The van der Waals surface area contributed by atoms with Crippen LogP contribution in [0.1, 0.15) is 24.2 Å². The summed E-state index contributed by atoms with van der Waals surface area (Å²) in [6.45, 7) is 3.66. The Morgan fingerprint density at radius 3 is 2.14 bits per heavy atom. The van der Waals surface area contributed by atoms with E-state index in [1.54, 1.807) is 42.5 Å². The average molecular weight is 350 g/mol. The van der Waals surface area contributed by atoms with E-state index in [1.165, 1.54) is 12.1 Å². The van der Waals surface area contributed by atoms with Crippen LogP contribution in [0.5, 0.6) is 0 Å². The monoisotopic (exact) mass is 351 g/mol. The SMILES string of the molecule is CC(C)NC(=O)c1ccccc1[Se](=O)(=O)c1ccccc1. The normalized spacial score (nSPS) is 11.4. The minimum atomic E-state index is -4.58. The van der Waals surface area contributed by atoms with E-state index in [0.717, 1.165) is 0 Å². The van der Waals surface area contributed by atoms with Crippen molar-refractivity contribution < 1.29 is 12.5 Å². The fourth-order valence-corrected chi connectivity index (χ4v) is 5.05. The summed E-state index contributed by atoms with van der Waals surface area (Å²) < 4.78 is 25.8. The first-order valence-electron chi connectivity index (χ1n) is 6.63. The van der Waals surface area contributed by atoms with Crippen molar-refractivity contribution in [2.45, 2.75) is 19.9 Å². The Morgan fingerprint density at radius 2 is 1.52 bits per heavy atom. The van der Waals surface area contributed by atoms with Gasteiger partial charge in [-0.3, -0.25) is 0 Å². The van der Waals surface area contributed by atoms with E-state index in [2.05, 4.69) is 5.32 Å². The number of hydrogen-bond acceptors (Lipinski definition) is 3. The third kappa shape index (κ3) is 3.38. The first-order valence-corrected chi connectivity index (χ1v) is 9.74. The van der Waals surface area contributed by atoms with Gasteiger partial charge in [0.2, 0.25) is 0 Å². The molecule has 2 rings (SSSR count). The number of hydrogen-bond donors (Lipinski definition) is 1. The van der Waals surface area contributed by atoms with Crippen molar-refractivity contribution in [3.63, 3.8) is 0 Å². The molecule has 2 aromatic rings. The van der Waals surface area contributed by atoms with Crippen molar-refractivity contribution in [1.29, 1.82) is 0 Å². The van der Waals surface area contributed by atoms with Crippen molar-refractivity contribution in [1.82, 2.24) is 5.32 Å². The standard InChI is InChI=1S/C16H17NO3Se/c1-12(2)17-16(18)14-10-6-7-11-15(14)21(19,20)13-8-4-3-5-9-13/h3-12H,1-2H3,(H,17,18). The van der Waals surface area contributed by atoms with Crippen LogP contribution in [0.25, 0.3) is 0 Å². The van der Waals surface area contributed by atoms with Gasteiger partial charge in [-0.2, -0.15) is 0 Å². The molecule has 0 spiro atoms. The Morgan fingerprint density at radius 1 is 0.952 bits per heavy atom. The van der Waals surface area contributed by atoms with Gasteiger partial charge in [0.1, 0.15) is 0 Å². The molecular formula is C16H17NO3Se. The quantitative estimate of drug-likeness (QED) is 0.844. The van der Waals surface area contributed by atoms with Crippen LogP contribution in [0, 0.1) is 0 Å². The van der Waals surface area contributed by atoms with Crippen LogP contribution < -0.4 is 14.2 Å². The molecule has 0 radical (unpaired) electrons. The number of benzene rings is 2. The van der Waals surface area contributed by atoms with Gasteiger partial charge < -0.3 is 0 Å². The summed E-state index contributed by atoms with van der Waals surface area (Å²) in [5, 5.41) is 2.73. The molecule has 110 valence electrons. The van der Waals surface area contributed by atoms with Crippen LogP contribution in [-0.2, 0) is 7.67 Å². The molecule has 1 amide bonds. The molecular weight excluding hydrogens is 333 g/mol. The molecule has 4 nitrogen and oxygen atoms in total. The predicted molar refractivity (Wildman–Crippen MR) is 81.9 cm³/mol. The number of carbonyl (C=O) groups is 1. The van der Waals surface area contributed by atoms with Gasteiger partial charge in [-0.15, -0.1) is 0 Å². The van der Waals surface area contributed by atoms with Crippen LogP contribution in [0.4, 0.5) is 0 Å². The predicted octanol–water partition coefficient (Wildman–Crippen LogP) is 1.24. The summed E-state index contributed by atoms with van der Waals surface area (Å²) >= 11 is -4.58. The second kappa shape index (κ2) is 6.20. The number of rotatable bonds is 4. The second-order valence-corrected chi connectivity index (χ2v) is 8.97. The molecule has 0 aliphatic carbocycles. The fourth-order valence-electron chi connectivity index (χ4n) is 1.96. The summed E-state index contributed by atoms with van der Waals surface area (Å²) in [5.74, 6) is -0.371. The number of nitrogens with one attached hydrogen (secondary N) is 1. The van der Waals surface area contributed by atoms with Crippen LogP contribution in [-0.4, -0.2) is 24.7 Å². The Kier molecular flexibility index (Phi) is 4.56. The van der Waals surface area contributed by atoms with E-state index in [9.17, 15) is 12.5 Å². The van der Waals surface area contributed by atoms with Gasteiger partial charge in [0.05, 0.1) is 0 Å². The van der Waals surface area contributed by atoms with Crippen LogP contribution >= 0.6 is 0 Å². The van der Waals surface area contributed by atoms with Crippen molar-refractivity contribution in [2.75, 3.05) is 0 Å². The molecule has 21 heavy (non-hydrogen) atoms. The third-order valence-corrected chi connectivity index (χ3v) is 6.73. The van der Waals surface area contributed by atoms with E-state index in [4.69, 9.17) is 0 Å². The molecule has 0 aliphatic heterocycles. The molecule has 0 bridgehead atoms. The number of carbonyl (C=O) groups excluding carboxylic acids is 1.